The van der Waals surface area contributed by atoms with Crippen LogP contribution in [0.4, 0.5) is 4.79 Å². The lowest BCUT2D eigenvalue weighted by molar-refractivity contribution is -0.138. The number of rotatable bonds is 3. The van der Waals surface area contributed by atoms with Gasteiger partial charge in [0.25, 0.3) is 0 Å². The Labute approximate surface area is 89.0 Å². The lowest BCUT2D eigenvalue weighted by Gasteiger charge is -2.23. The van der Waals surface area contributed by atoms with Gasteiger partial charge in [0.05, 0.1) is 12.5 Å². The normalized spacial score (nSPS) is 20.7. The minimum Gasteiger partial charge on any atom is -0.481 e. The number of amides is 1. The molecule has 5 heteroatoms. The zero-order valence-electron chi connectivity index (χ0n) is 9.10. The third kappa shape index (κ3) is 3.42. The van der Waals surface area contributed by atoms with Gasteiger partial charge in [-0.3, -0.25) is 4.79 Å². The van der Waals surface area contributed by atoms with Crippen molar-refractivity contribution in [2.75, 3.05) is 6.54 Å². The maximum absolute atomic E-state index is 11.6. The Kier molecular flexibility index (Phi) is 3.94. The highest BCUT2D eigenvalue weighted by molar-refractivity contribution is 5.72. The van der Waals surface area contributed by atoms with Crippen LogP contribution in [-0.4, -0.2) is 40.8 Å². The molecule has 15 heavy (non-hydrogen) atoms. The van der Waals surface area contributed by atoms with Gasteiger partial charge in [0, 0.05) is 12.6 Å². The molecule has 1 unspecified atom stereocenters. The first-order chi connectivity index (χ1) is 7.00. The van der Waals surface area contributed by atoms with Gasteiger partial charge < -0.3 is 14.7 Å². The minimum absolute atomic E-state index is 0.00714. The van der Waals surface area contributed by atoms with E-state index < -0.39 is 12.1 Å². The van der Waals surface area contributed by atoms with Crippen LogP contribution in [0.5, 0.6) is 0 Å². The summed E-state index contributed by atoms with van der Waals surface area (Å²) < 4.78 is 5.04. The first-order valence-corrected chi connectivity index (χ1v) is 5.19. The van der Waals surface area contributed by atoms with Crippen LogP contribution < -0.4 is 0 Å². The molecule has 0 aromatic rings. The lowest BCUT2D eigenvalue weighted by Crippen LogP contribution is -2.38. The molecular weight excluding hydrogens is 198 g/mol. The van der Waals surface area contributed by atoms with Crippen molar-refractivity contribution in [1.82, 2.24) is 4.90 Å². The van der Waals surface area contributed by atoms with Crippen molar-refractivity contribution in [1.29, 1.82) is 0 Å². The average molecular weight is 215 g/mol. The SMILES string of the molecule is CC(C)OC(=O)N1CCCC1CC(=O)O. The van der Waals surface area contributed by atoms with Crippen molar-refractivity contribution in [3.8, 4) is 0 Å². The van der Waals surface area contributed by atoms with Crippen molar-refractivity contribution in [2.24, 2.45) is 0 Å². The third-order valence-corrected chi connectivity index (χ3v) is 2.36. The molecule has 0 bridgehead atoms. The molecule has 0 radical (unpaired) electrons. The molecule has 0 aliphatic carbocycles. The monoisotopic (exact) mass is 215 g/mol. The predicted octanol–water partition coefficient (Wildman–Crippen LogP) is 1.47. The number of nitrogens with zero attached hydrogens (tertiary/aromatic N) is 1. The maximum Gasteiger partial charge on any atom is 0.410 e. The predicted molar refractivity (Wildman–Crippen MR) is 53.6 cm³/mol. The van der Waals surface area contributed by atoms with Crippen LogP contribution in [0.3, 0.4) is 0 Å². The van der Waals surface area contributed by atoms with Crippen LogP contribution in [-0.2, 0) is 9.53 Å². The second-order valence-electron chi connectivity index (χ2n) is 4.02. The van der Waals surface area contributed by atoms with Gasteiger partial charge >= 0.3 is 12.1 Å². The molecule has 0 aromatic carbocycles. The number of ether oxygens (including phenoxy) is 1. The summed E-state index contributed by atoms with van der Waals surface area (Å²) in [6.07, 6.45) is 1.05. The van der Waals surface area contributed by atoms with E-state index in [1.165, 1.54) is 4.90 Å². The highest BCUT2D eigenvalue weighted by atomic mass is 16.6. The summed E-state index contributed by atoms with van der Waals surface area (Å²) in [5.41, 5.74) is 0. The summed E-state index contributed by atoms with van der Waals surface area (Å²) in [7, 11) is 0. The van der Waals surface area contributed by atoms with E-state index in [1.807, 2.05) is 0 Å². The van der Waals surface area contributed by atoms with E-state index in [1.54, 1.807) is 13.8 Å². The molecule has 1 fully saturated rings. The van der Waals surface area contributed by atoms with Gasteiger partial charge in [-0.25, -0.2) is 4.79 Å². The molecule has 86 valence electrons. The highest BCUT2D eigenvalue weighted by Crippen LogP contribution is 2.21. The van der Waals surface area contributed by atoms with Crippen LogP contribution in [0.15, 0.2) is 0 Å². The molecule has 0 spiro atoms. The Balaban J connectivity index is 2.52. The molecule has 1 saturated heterocycles. The average Bonchev–Trinajstić information content (AvgIpc) is 2.49. The number of carboxylic acids is 1. The summed E-state index contributed by atoms with van der Waals surface area (Å²) in [5, 5.41) is 8.68. The third-order valence-electron chi connectivity index (χ3n) is 2.36. The summed E-state index contributed by atoms with van der Waals surface area (Å²) >= 11 is 0. The van der Waals surface area contributed by atoms with Gasteiger partial charge in [0.2, 0.25) is 0 Å². The van der Waals surface area contributed by atoms with Gasteiger partial charge in [-0.15, -0.1) is 0 Å². The molecule has 0 aromatic heterocycles. The van der Waals surface area contributed by atoms with E-state index in [0.717, 1.165) is 12.8 Å². The highest BCUT2D eigenvalue weighted by Gasteiger charge is 2.31. The quantitative estimate of drug-likeness (QED) is 0.774. The van der Waals surface area contributed by atoms with Gasteiger partial charge in [-0.2, -0.15) is 0 Å². The Hall–Kier alpha value is -1.26. The molecule has 1 aliphatic heterocycles. The topological polar surface area (TPSA) is 66.8 Å². The number of hydrogen-bond donors (Lipinski definition) is 1. The number of hydrogen-bond acceptors (Lipinski definition) is 3. The van der Waals surface area contributed by atoms with Crippen LogP contribution in [0.2, 0.25) is 0 Å². The van der Waals surface area contributed by atoms with E-state index >= 15 is 0 Å². The molecule has 1 N–H and O–H groups in total. The Morgan fingerprint density at radius 1 is 1.53 bits per heavy atom. The van der Waals surface area contributed by atoms with Gasteiger partial charge in [-0.05, 0) is 26.7 Å². The molecule has 1 heterocycles. The Morgan fingerprint density at radius 2 is 2.20 bits per heavy atom. The largest absolute Gasteiger partial charge is 0.481 e. The molecule has 1 atom stereocenters. The van der Waals surface area contributed by atoms with Crippen LogP contribution in [0, 0.1) is 0 Å². The fourth-order valence-corrected chi connectivity index (χ4v) is 1.76. The van der Waals surface area contributed by atoms with Gasteiger partial charge in [0.15, 0.2) is 0 Å². The standard InChI is InChI=1S/C10H17NO4/c1-7(2)15-10(14)11-5-3-4-8(11)6-9(12)13/h7-8H,3-6H2,1-2H3,(H,12,13). The Bertz CT molecular complexity index is 252. The molecule has 1 rings (SSSR count). The van der Waals surface area contributed by atoms with Crippen LogP contribution >= 0.6 is 0 Å². The number of likely N-dealkylation sites (tertiary alicyclic amines) is 1. The number of carboxylic acid groups (broad SMARTS) is 1. The van der Waals surface area contributed by atoms with Gasteiger partial charge in [-0.1, -0.05) is 0 Å². The fraction of sp³-hybridized carbons (Fsp3) is 0.800. The van der Waals surface area contributed by atoms with Crippen molar-refractivity contribution in [2.45, 2.75) is 45.3 Å². The second-order valence-corrected chi connectivity index (χ2v) is 4.02. The van der Waals surface area contributed by atoms with Gasteiger partial charge in [0.1, 0.15) is 0 Å². The van der Waals surface area contributed by atoms with Crippen LogP contribution in [0.1, 0.15) is 33.1 Å². The number of carbonyl (C=O) groups is 2. The van der Waals surface area contributed by atoms with Crippen LogP contribution in [0.25, 0.3) is 0 Å². The summed E-state index contributed by atoms with van der Waals surface area (Å²) in [6.45, 7) is 4.16. The first kappa shape index (κ1) is 11.8. The van der Waals surface area contributed by atoms with Crippen molar-refractivity contribution in [3.63, 3.8) is 0 Å². The zero-order chi connectivity index (χ0) is 11.4. The maximum atomic E-state index is 11.6. The van der Waals surface area contributed by atoms with E-state index in [4.69, 9.17) is 9.84 Å². The van der Waals surface area contributed by atoms with Crippen molar-refractivity contribution < 1.29 is 19.4 Å². The molecule has 0 saturated carbocycles. The van der Waals surface area contributed by atoms with E-state index in [9.17, 15) is 9.59 Å². The molecule has 1 amide bonds. The number of carbonyl (C=O) groups excluding carboxylic acids is 1. The zero-order valence-corrected chi connectivity index (χ0v) is 9.10. The first-order valence-electron chi connectivity index (χ1n) is 5.19. The lowest BCUT2D eigenvalue weighted by atomic mass is 10.1. The smallest absolute Gasteiger partial charge is 0.410 e. The number of aliphatic carboxylic acids is 1. The van der Waals surface area contributed by atoms with E-state index in [-0.39, 0.29) is 18.6 Å². The molecule has 5 nitrogen and oxygen atoms in total. The Morgan fingerprint density at radius 3 is 2.73 bits per heavy atom. The molecular formula is C10H17NO4. The minimum atomic E-state index is -0.871. The van der Waals surface area contributed by atoms with E-state index in [0.29, 0.717) is 6.54 Å². The fourth-order valence-electron chi connectivity index (χ4n) is 1.76. The molecule has 1 aliphatic rings. The van der Waals surface area contributed by atoms with Crippen molar-refractivity contribution in [3.05, 3.63) is 0 Å². The summed E-state index contributed by atoms with van der Waals surface area (Å²) in [6, 6.07) is -0.200. The summed E-state index contributed by atoms with van der Waals surface area (Å²) in [4.78, 5) is 23.6. The van der Waals surface area contributed by atoms with E-state index in [2.05, 4.69) is 0 Å². The summed E-state index contributed by atoms with van der Waals surface area (Å²) in [5.74, 6) is -0.871. The van der Waals surface area contributed by atoms with Crippen molar-refractivity contribution >= 4 is 12.1 Å². The second kappa shape index (κ2) is 5.00.